The average molecular weight is 310 g/mol. The van der Waals surface area contributed by atoms with Gasteiger partial charge < -0.3 is 10.6 Å². The second kappa shape index (κ2) is 6.12. The zero-order valence-electron chi connectivity index (χ0n) is 13.8. The van der Waals surface area contributed by atoms with Crippen molar-refractivity contribution in [3.05, 3.63) is 42.0 Å². The molecule has 0 heterocycles. The molecule has 4 rings (SSSR count). The predicted molar refractivity (Wildman–Crippen MR) is 93.1 cm³/mol. The van der Waals surface area contributed by atoms with Crippen molar-refractivity contribution in [2.75, 3.05) is 11.9 Å². The van der Waals surface area contributed by atoms with Crippen molar-refractivity contribution in [2.24, 2.45) is 23.7 Å². The van der Waals surface area contributed by atoms with Gasteiger partial charge in [-0.3, -0.25) is 4.79 Å². The molecule has 122 valence electrons. The Morgan fingerprint density at radius 3 is 2.57 bits per heavy atom. The largest absolute Gasteiger partial charge is 0.326 e. The molecule has 0 spiro atoms. The van der Waals surface area contributed by atoms with E-state index in [1.54, 1.807) is 0 Å². The number of rotatable bonds is 6. The molecule has 2 fully saturated rings. The Balaban J connectivity index is 1.28. The van der Waals surface area contributed by atoms with Crippen LogP contribution in [0.1, 0.15) is 44.2 Å². The zero-order valence-corrected chi connectivity index (χ0v) is 13.8. The molecule has 3 heteroatoms. The van der Waals surface area contributed by atoms with E-state index in [0.717, 1.165) is 42.8 Å². The van der Waals surface area contributed by atoms with Gasteiger partial charge in [-0.25, -0.2) is 0 Å². The highest BCUT2D eigenvalue weighted by Gasteiger charge is 2.35. The standard InChI is InChI=1S/C20H26N2O/c1-13(21-12-18-11-14-2-3-17(18)10-14)15-6-8-19(9-7-15)22-20(23)16-4-5-16/h2-3,6-9,13-14,16-18,21H,4-5,10-12H2,1H3,(H,22,23). The third kappa shape index (κ3) is 3.35. The Bertz CT molecular complexity index is 603. The van der Waals surface area contributed by atoms with Crippen LogP contribution in [-0.2, 0) is 4.79 Å². The van der Waals surface area contributed by atoms with Crippen molar-refractivity contribution >= 4 is 11.6 Å². The summed E-state index contributed by atoms with van der Waals surface area (Å²) in [5, 5.41) is 6.69. The van der Waals surface area contributed by atoms with E-state index in [4.69, 9.17) is 0 Å². The fourth-order valence-electron chi connectivity index (χ4n) is 4.02. The third-order valence-electron chi connectivity index (χ3n) is 5.73. The molecule has 0 radical (unpaired) electrons. The van der Waals surface area contributed by atoms with E-state index < -0.39 is 0 Å². The Morgan fingerprint density at radius 2 is 1.96 bits per heavy atom. The first-order valence-corrected chi connectivity index (χ1v) is 9.01. The number of carbonyl (C=O) groups is 1. The van der Waals surface area contributed by atoms with Crippen LogP contribution in [0.15, 0.2) is 36.4 Å². The van der Waals surface area contributed by atoms with Gasteiger partial charge in [0, 0.05) is 17.6 Å². The molecule has 0 aliphatic heterocycles. The van der Waals surface area contributed by atoms with Crippen molar-refractivity contribution in [3.63, 3.8) is 0 Å². The molecule has 3 aliphatic rings. The van der Waals surface area contributed by atoms with Gasteiger partial charge in [-0.05, 0) is 74.6 Å². The maximum absolute atomic E-state index is 11.8. The average Bonchev–Trinajstić information content (AvgIpc) is 3.22. The first-order valence-electron chi connectivity index (χ1n) is 9.01. The molecule has 0 saturated heterocycles. The number of carbonyl (C=O) groups excluding carboxylic acids is 1. The minimum absolute atomic E-state index is 0.174. The molecule has 23 heavy (non-hydrogen) atoms. The van der Waals surface area contributed by atoms with Crippen LogP contribution in [0.25, 0.3) is 0 Å². The molecule has 4 atom stereocenters. The number of benzene rings is 1. The second-order valence-electron chi connectivity index (χ2n) is 7.56. The molecular weight excluding hydrogens is 284 g/mol. The van der Waals surface area contributed by atoms with E-state index in [2.05, 4.69) is 41.8 Å². The molecule has 2 saturated carbocycles. The highest BCUT2D eigenvalue weighted by atomic mass is 16.2. The zero-order chi connectivity index (χ0) is 15.8. The summed E-state index contributed by atoms with van der Waals surface area (Å²) in [5.41, 5.74) is 2.20. The molecule has 0 aromatic heterocycles. The molecular formula is C20H26N2O. The number of fused-ring (bicyclic) bond motifs is 2. The third-order valence-corrected chi connectivity index (χ3v) is 5.73. The summed E-state index contributed by atoms with van der Waals surface area (Å²) in [5.74, 6) is 2.89. The Labute approximate surface area is 138 Å². The van der Waals surface area contributed by atoms with Crippen molar-refractivity contribution in [3.8, 4) is 0 Å². The van der Waals surface area contributed by atoms with Gasteiger partial charge in [-0.1, -0.05) is 24.3 Å². The Hall–Kier alpha value is -1.61. The molecule has 3 aliphatic carbocycles. The fourth-order valence-corrected chi connectivity index (χ4v) is 4.02. The van der Waals surface area contributed by atoms with E-state index in [-0.39, 0.29) is 11.8 Å². The number of allylic oxidation sites excluding steroid dienone is 2. The van der Waals surface area contributed by atoms with Gasteiger partial charge in [0.2, 0.25) is 5.91 Å². The van der Waals surface area contributed by atoms with E-state index >= 15 is 0 Å². The predicted octanol–water partition coefficient (Wildman–Crippen LogP) is 3.90. The Morgan fingerprint density at radius 1 is 1.17 bits per heavy atom. The number of amides is 1. The first kappa shape index (κ1) is 14.9. The van der Waals surface area contributed by atoms with Crippen LogP contribution in [0.3, 0.4) is 0 Å². The lowest BCUT2D eigenvalue weighted by atomic mass is 9.93. The van der Waals surface area contributed by atoms with E-state index in [1.807, 2.05) is 12.1 Å². The first-order chi connectivity index (χ1) is 11.2. The summed E-state index contributed by atoms with van der Waals surface area (Å²) in [6.07, 6.45) is 9.64. The van der Waals surface area contributed by atoms with Crippen LogP contribution >= 0.6 is 0 Å². The van der Waals surface area contributed by atoms with Crippen molar-refractivity contribution in [2.45, 2.75) is 38.6 Å². The number of hydrogen-bond acceptors (Lipinski definition) is 2. The minimum Gasteiger partial charge on any atom is -0.326 e. The summed E-state index contributed by atoms with van der Waals surface area (Å²) in [7, 11) is 0. The highest BCUT2D eigenvalue weighted by molar-refractivity contribution is 5.93. The summed E-state index contributed by atoms with van der Waals surface area (Å²) < 4.78 is 0. The number of nitrogens with one attached hydrogen (secondary N) is 2. The maximum atomic E-state index is 11.8. The van der Waals surface area contributed by atoms with E-state index in [9.17, 15) is 4.79 Å². The molecule has 2 N–H and O–H groups in total. The normalized spacial score (nSPS) is 29.7. The monoisotopic (exact) mass is 310 g/mol. The summed E-state index contributed by atoms with van der Waals surface area (Å²) >= 11 is 0. The van der Waals surface area contributed by atoms with Crippen LogP contribution in [0.4, 0.5) is 5.69 Å². The van der Waals surface area contributed by atoms with Crippen molar-refractivity contribution in [1.82, 2.24) is 5.32 Å². The van der Waals surface area contributed by atoms with Crippen LogP contribution in [0.5, 0.6) is 0 Å². The van der Waals surface area contributed by atoms with E-state index in [1.165, 1.54) is 18.4 Å². The number of anilines is 1. The molecule has 1 aromatic rings. The lowest BCUT2D eigenvalue weighted by Gasteiger charge is -2.22. The summed E-state index contributed by atoms with van der Waals surface area (Å²) in [6, 6.07) is 8.65. The van der Waals surface area contributed by atoms with Gasteiger partial charge in [-0.15, -0.1) is 0 Å². The summed E-state index contributed by atoms with van der Waals surface area (Å²) in [4.78, 5) is 11.8. The maximum Gasteiger partial charge on any atom is 0.227 e. The van der Waals surface area contributed by atoms with Gasteiger partial charge in [0.1, 0.15) is 0 Å². The molecule has 3 nitrogen and oxygen atoms in total. The molecule has 1 aromatic carbocycles. The van der Waals surface area contributed by atoms with Gasteiger partial charge in [0.05, 0.1) is 0 Å². The van der Waals surface area contributed by atoms with E-state index in [0.29, 0.717) is 6.04 Å². The van der Waals surface area contributed by atoms with Crippen LogP contribution < -0.4 is 10.6 Å². The van der Waals surface area contributed by atoms with Crippen LogP contribution in [-0.4, -0.2) is 12.5 Å². The quantitative estimate of drug-likeness (QED) is 0.783. The van der Waals surface area contributed by atoms with Crippen molar-refractivity contribution in [1.29, 1.82) is 0 Å². The molecule has 2 bridgehead atoms. The second-order valence-corrected chi connectivity index (χ2v) is 7.56. The smallest absolute Gasteiger partial charge is 0.227 e. The van der Waals surface area contributed by atoms with Crippen LogP contribution in [0.2, 0.25) is 0 Å². The van der Waals surface area contributed by atoms with Crippen LogP contribution in [0, 0.1) is 23.7 Å². The lowest BCUT2D eigenvalue weighted by molar-refractivity contribution is -0.117. The molecule has 1 amide bonds. The SMILES string of the molecule is CC(NCC1CC2C=CC1C2)c1ccc(NC(=O)C2CC2)cc1. The fraction of sp³-hybridized carbons (Fsp3) is 0.550. The summed E-state index contributed by atoms with van der Waals surface area (Å²) in [6.45, 7) is 3.33. The van der Waals surface area contributed by atoms with Gasteiger partial charge >= 0.3 is 0 Å². The lowest BCUT2D eigenvalue weighted by Crippen LogP contribution is -2.27. The minimum atomic E-state index is 0.174. The van der Waals surface area contributed by atoms with Crippen molar-refractivity contribution < 1.29 is 4.79 Å². The number of hydrogen-bond donors (Lipinski definition) is 2. The van der Waals surface area contributed by atoms with Gasteiger partial charge in [0.15, 0.2) is 0 Å². The molecule has 4 unspecified atom stereocenters. The topological polar surface area (TPSA) is 41.1 Å². The highest BCUT2D eigenvalue weighted by Crippen LogP contribution is 2.43. The Kier molecular flexibility index (Phi) is 3.98. The van der Waals surface area contributed by atoms with Gasteiger partial charge in [-0.2, -0.15) is 0 Å². The van der Waals surface area contributed by atoms with Gasteiger partial charge in [0.25, 0.3) is 0 Å².